The van der Waals surface area contributed by atoms with Gasteiger partial charge in [0.25, 0.3) is 0 Å². The molecule has 110 valence electrons. The molecule has 0 aliphatic heterocycles. The van der Waals surface area contributed by atoms with Crippen molar-refractivity contribution >= 4 is 28.9 Å². The fourth-order valence-electron chi connectivity index (χ4n) is 1.79. The molecule has 0 aliphatic rings. The summed E-state index contributed by atoms with van der Waals surface area (Å²) in [5, 5.41) is 5.80. The van der Waals surface area contributed by atoms with Gasteiger partial charge >= 0.3 is 0 Å². The number of rotatable bonds is 4. The van der Waals surface area contributed by atoms with Gasteiger partial charge in [-0.15, -0.1) is 0 Å². The molecule has 0 fully saturated rings. The molecule has 0 saturated heterocycles. The van der Waals surface area contributed by atoms with Crippen molar-refractivity contribution in [3.05, 3.63) is 58.9 Å². The summed E-state index contributed by atoms with van der Waals surface area (Å²) < 4.78 is 13.1. The van der Waals surface area contributed by atoms with Crippen LogP contribution in [0.15, 0.2) is 42.5 Å². The van der Waals surface area contributed by atoms with E-state index in [9.17, 15) is 9.18 Å². The van der Waals surface area contributed by atoms with Gasteiger partial charge in [-0.05, 0) is 44.2 Å². The van der Waals surface area contributed by atoms with Crippen molar-refractivity contribution in [3.8, 4) is 0 Å². The molecule has 0 spiro atoms. The molecule has 2 N–H and O–H groups in total. The van der Waals surface area contributed by atoms with E-state index in [1.54, 1.807) is 6.92 Å². The first-order valence-corrected chi connectivity index (χ1v) is 6.92. The van der Waals surface area contributed by atoms with Crippen LogP contribution in [0.25, 0.3) is 0 Å². The molecule has 0 saturated carbocycles. The van der Waals surface area contributed by atoms with Crippen LogP contribution >= 0.6 is 11.6 Å². The Morgan fingerprint density at radius 3 is 2.38 bits per heavy atom. The fourth-order valence-corrected chi connectivity index (χ4v) is 1.97. The van der Waals surface area contributed by atoms with E-state index in [-0.39, 0.29) is 10.9 Å². The van der Waals surface area contributed by atoms with Gasteiger partial charge < -0.3 is 10.6 Å². The van der Waals surface area contributed by atoms with Crippen LogP contribution in [0.3, 0.4) is 0 Å². The predicted molar refractivity (Wildman–Crippen MR) is 84.3 cm³/mol. The van der Waals surface area contributed by atoms with E-state index < -0.39 is 11.9 Å². The van der Waals surface area contributed by atoms with E-state index in [2.05, 4.69) is 10.6 Å². The summed E-state index contributed by atoms with van der Waals surface area (Å²) in [7, 11) is 0. The predicted octanol–water partition coefficient (Wildman–Crippen LogP) is 4.23. The summed E-state index contributed by atoms with van der Waals surface area (Å²) >= 11 is 5.71. The van der Waals surface area contributed by atoms with E-state index >= 15 is 0 Å². The Kier molecular flexibility index (Phi) is 4.81. The van der Waals surface area contributed by atoms with Gasteiger partial charge in [-0.3, -0.25) is 4.79 Å². The molecule has 3 nitrogen and oxygen atoms in total. The molecule has 0 radical (unpaired) electrons. The second kappa shape index (κ2) is 6.59. The van der Waals surface area contributed by atoms with Gasteiger partial charge in [0.1, 0.15) is 11.9 Å². The van der Waals surface area contributed by atoms with Gasteiger partial charge in [0.2, 0.25) is 5.91 Å². The van der Waals surface area contributed by atoms with Crippen molar-refractivity contribution in [2.24, 2.45) is 0 Å². The highest BCUT2D eigenvalue weighted by atomic mass is 35.5. The lowest BCUT2D eigenvalue weighted by Crippen LogP contribution is -2.31. The van der Waals surface area contributed by atoms with Gasteiger partial charge in [-0.2, -0.15) is 0 Å². The molecular weight excluding hydrogens is 291 g/mol. The molecule has 0 aromatic heterocycles. The van der Waals surface area contributed by atoms with Crippen molar-refractivity contribution in [1.82, 2.24) is 0 Å². The molecule has 2 aromatic carbocycles. The maximum Gasteiger partial charge on any atom is 0.246 e. The zero-order valence-corrected chi connectivity index (χ0v) is 12.5. The number of aryl methyl sites for hydroxylation is 1. The highest BCUT2D eigenvalue weighted by Gasteiger charge is 2.13. The number of hydrogen-bond acceptors (Lipinski definition) is 2. The van der Waals surface area contributed by atoms with Crippen LogP contribution in [0.5, 0.6) is 0 Å². The standard InChI is InChI=1S/C16H16ClFN2O/c1-10-3-5-12(6-4-10)20-16(21)11(2)19-13-7-8-15(18)14(17)9-13/h3-9,11,19H,1-2H3,(H,20,21)/t11-/m1/s1. The molecule has 0 bridgehead atoms. The Hall–Kier alpha value is -2.07. The number of benzene rings is 2. The SMILES string of the molecule is Cc1ccc(NC(=O)[C@@H](C)Nc2ccc(F)c(Cl)c2)cc1. The van der Waals surface area contributed by atoms with E-state index in [1.165, 1.54) is 18.2 Å². The minimum absolute atomic E-state index is 0.0196. The zero-order valence-electron chi connectivity index (χ0n) is 11.8. The van der Waals surface area contributed by atoms with Crippen LogP contribution in [0, 0.1) is 12.7 Å². The lowest BCUT2D eigenvalue weighted by molar-refractivity contribution is -0.116. The molecule has 5 heteroatoms. The molecule has 2 aromatic rings. The molecule has 21 heavy (non-hydrogen) atoms. The van der Waals surface area contributed by atoms with Crippen LogP contribution in [-0.4, -0.2) is 11.9 Å². The highest BCUT2D eigenvalue weighted by Crippen LogP contribution is 2.20. The molecule has 0 heterocycles. The van der Waals surface area contributed by atoms with E-state index in [4.69, 9.17) is 11.6 Å². The second-order valence-corrected chi connectivity index (χ2v) is 5.26. The molecule has 2 rings (SSSR count). The average molecular weight is 307 g/mol. The van der Waals surface area contributed by atoms with Crippen LogP contribution in [0.4, 0.5) is 15.8 Å². The second-order valence-electron chi connectivity index (χ2n) is 4.85. The molecule has 1 amide bonds. The monoisotopic (exact) mass is 306 g/mol. The summed E-state index contributed by atoms with van der Waals surface area (Å²) in [5.74, 6) is -0.668. The Morgan fingerprint density at radius 2 is 1.76 bits per heavy atom. The first-order valence-electron chi connectivity index (χ1n) is 6.55. The summed E-state index contributed by atoms with van der Waals surface area (Å²) in [6.45, 7) is 3.70. The van der Waals surface area contributed by atoms with Gasteiger partial charge in [0, 0.05) is 11.4 Å². The van der Waals surface area contributed by atoms with Crippen molar-refractivity contribution < 1.29 is 9.18 Å². The van der Waals surface area contributed by atoms with E-state index in [1.807, 2.05) is 31.2 Å². The Labute approximate surface area is 128 Å². The smallest absolute Gasteiger partial charge is 0.246 e. The highest BCUT2D eigenvalue weighted by molar-refractivity contribution is 6.31. The van der Waals surface area contributed by atoms with Crippen molar-refractivity contribution in [1.29, 1.82) is 0 Å². The largest absolute Gasteiger partial charge is 0.374 e. The number of halogens is 2. The minimum Gasteiger partial charge on any atom is -0.374 e. The third-order valence-corrected chi connectivity index (χ3v) is 3.30. The van der Waals surface area contributed by atoms with E-state index in [0.717, 1.165) is 11.3 Å². The number of hydrogen-bond donors (Lipinski definition) is 2. The first kappa shape index (κ1) is 15.3. The van der Waals surface area contributed by atoms with E-state index in [0.29, 0.717) is 5.69 Å². The zero-order chi connectivity index (χ0) is 15.4. The van der Waals surface area contributed by atoms with Crippen LogP contribution < -0.4 is 10.6 Å². The minimum atomic E-state index is -0.487. The topological polar surface area (TPSA) is 41.1 Å². The summed E-state index contributed by atoms with van der Waals surface area (Å²) in [6.07, 6.45) is 0. The molecular formula is C16H16ClFN2O. The number of carbonyl (C=O) groups excluding carboxylic acids is 1. The Balaban J connectivity index is 1.98. The van der Waals surface area contributed by atoms with Crippen molar-refractivity contribution in [2.45, 2.75) is 19.9 Å². The summed E-state index contributed by atoms with van der Waals surface area (Å²) in [6, 6.07) is 11.3. The van der Waals surface area contributed by atoms with Gasteiger partial charge in [-0.1, -0.05) is 29.3 Å². The lowest BCUT2D eigenvalue weighted by Gasteiger charge is -2.15. The van der Waals surface area contributed by atoms with Crippen molar-refractivity contribution in [3.63, 3.8) is 0 Å². The Bertz CT molecular complexity index is 643. The lowest BCUT2D eigenvalue weighted by atomic mass is 10.2. The molecule has 1 atom stereocenters. The third-order valence-electron chi connectivity index (χ3n) is 3.02. The number of amides is 1. The maximum absolute atomic E-state index is 13.1. The van der Waals surface area contributed by atoms with Crippen LogP contribution in [0.2, 0.25) is 5.02 Å². The Morgan fingerprint density at radius 1 is 1.14 bits per heavy atom. The normalized spacial score (nSPS) is 11.8. The van der Waals surface area contributed by atoms with Crippen LogP contribution in [-0.2, 0) is 4.79 Å². The summed E-state index contributed by atoms with van der Waals surface area (Å²) in [4.78, 5) is 12.1. The quantitative estimate of drug-likeness (QED) is 0.887. The first-order chi connectivity index (χ1) is 9.95. The fraction of sp³-hybridized carbons (Fsp3) is 0.188. The third kappa shape index (κ3) is 4.20. The number of anilines is 2. The molecule has 0 aliphatic carbocycles. The molecule has 0 unspecified atom stereocenters. The number of nitrogens with one attached hydrogen (secondary N) is 2. The maximum atomic E-state index is 13.1. The average Bonchev–Trinajstić information content (AvgIpc) is 2.45. The van der Waals surface area contributed by atoms with Crippen LogP contribution in [0.1, 0.15) is 12.5 Å². The van der Waals surface area contributed by atoms with Gasteiger partial charge in [-0.25, -0.2) is 4.39 Å². The van der Waals surface area contributed by atoms with Crippen molar-refractivity contribution in [2.75, 3.05) is 10.6 Å². The van der Waals surface area contributed by atoms with Gasteiger partial charge in [0.05, 0.1) is 5.02 Å². The van der Waals surface area contributed by atoms with Gasteiger partial charge in [0.15, 0.2) is 0 Å². The number of carbonyl (C=O) groups is 1. The summed E-state index contributed by atoms with van der Waals surface area (Å²) in [5.41, 5.74) is 2.45.